The van der Waals surface area contributed by atoms with Crippen LogP contribution >= 0.6 is 0 Å². The highest BCUT2D eigenvalue weighted by Crippen LogP contribution is 2.30. The summed E-state index contributed by atoms with van der Waals surface area (Å²) in [7, 11) is 0. The zero-order valence-electron chi connectivity index (χ0n) is 13.8. The topological polar surface area (TPSA) is 98.8 Å². The molecule has 0 saturated carbocycles. The third-order valence-corrected chi connectivity index (χ3v) is 3.77. The van der Waals surface area contributed by atoms with Crippen molar-refractivity contribution in [3.05, 3.63) is 65.0 Å². The van der Waals surface area contributed by atoms with Gasteiger partial charge in [-0.3, -0.25) is 14.7 Å². The lowest BCUT2D eigenvalue weighted by Crippen LogP contribution is -2.06. The van der Waals surface area contributed by atoms with Gasteiger partial charge in [0.15, 0.2) is 0 Å². The molecule has 25 heavy (non-hydrogen) atoms. The second-order valence-electron chi connectivity index (χ2n) is 5.55. The van der Waals surface area contributed by atoms with Gasteiger partial charge in [-0.2, -0.15) is 0 Å². The number of anilines is 2. The lowest BCUT2D eigenvalue weighted by molar-refractivity contribution is -0.384. The van der Waals surface area contributed by atoms with E-state index >= 15 is 0 Å². The first-order valence-corrected chi connectivity index (χ1v) is 8.02. The molecule has 1 N–H and O–H groups in total. The maximum Gasteiger partial charge on any atom is 0.354 e. The van der Waals surface area contributed by atoms with Gasteiger partial charge in [0.25, 0.3) is 0 Å². The summed E-state index contributed by atoms with van der Waals surface area (Å²) in [5, 5.41) is 14.6. The van der Waals surface area contributed by atoms with E-state index in [-0.39, 0.29) is 17.3 Å². The van der Waals surface area contributed by atoms with E-state index in [4.69, 9.17) is 0 Å². The van der Waals surface area contributed by atoms with Crippen molar-refractivity contribution in [3.8, 4) is 5.82 Å². The van der Waals surface area contributed by atoms with Gasteiger partial charge in [-0.15, -0.1) is 0 Å². The highest BCUT2D eigenvalue weighted by molar-refractivity contribution is 5.70. The Kier molecular flexibility index (Phi) is 4.98. The number of nitrogens with one attached hydrogen (secondary N) is 1. The smallest absolute Gasteiger partial charge is 0.334 e. The molecule has 0 aliphatic heterocycles. The lowest BCUT2D eigenvalue weighted by Gasteiger charge is -2.09. The Morgan fingerprint density at radius 1 is 1.24 bits per heavy atom. The van der Waals surface area contributed by atoms with Gasteiger partial charge in [0.2, 0.25) is 11.6 Å². The van der Waals surface area contributed by atoms with E-state index in [1.54, 1.807) is 6.20 Å². The Morgan fingerprint density at radius 2 is 2.04 bits per heavy atom. The number of nitrogens with zero attached hydrogens (tertiary/aromatic N) is 5. The Labute approximate surface area is 144 Å². The quantitative estimate of drug-likeness (QED) is 0.521. The van der Waals surface area contributed by atoms with Gasteiger partial charge in [0.1, 0.15) is 12.7 Å². The van der Waals surface area contributed by atoms with Gasteiger partial charge in [0.05, 0.1) is 4.92 Å². The number of hydrogen-bond donors (Lipinski definition) is 1. The SMILES string of the molecule is CCCCc1ccc(Nc2ncnc(-n3ccnc3)c2[N+](=O)[O-])cc1. The summed E-state index contributed by atoms with van der Waals surface area (Å²) in [5.41, 5.74) is 1.78. The number of imidazole rings is 1. The molecule has 0 radical (unpaired) electrons. The molecule has 3 rings (SSSR count). The van der Waals surface area contributed by atoms with Crippen molar-refractivity contribution in [2.24, 2.45) is 0 Å². The van der Waals surface area contributed by atoms with Gasteiger partial charge >= 0.3 is 5.69 Å². The molecule has 0 saturated heterocycles. The number of unbranched alkanes of at least 4 members (excludes halogenated alkanes) is 1. The molecule has 3 aromatic rings. The predicted octanol–water partition coefficient (Wildman–Crippen LogP) is 3.66. The largest absolute Gasteiger partial charge is 0.354 e. The summed E-state index contributed by atoms with van der Waals surface area (Å²) in [6.07, 6.45) is 9.19. The first-order chi connectivity index (χ1) is 12.2. The fourth-order valence-corrected chi connectivity index (χ4v) is 2.47. The highest BCUT2D eigenvalue weighted by atomic mass is 16.6. The van der Waals surface area contributed by atoms with Gasteiger partial charge < -0.3 is 5.32 Å². The zero-order chi connectivity index (χ0) is 17.6. The maximum atomic E-state index is 11.6. The van der Waals surface area contributed by atoms with Crippen molar-refractivity contribution in [2.45, 2.75) is 26.2 Å². The van der Waals surface area contributed by atoms with Crippen LogP contribution in [0.25, 0.3) is 5.82 Å². The van der Waals surface area contributed by atoms with Crippen LogP contribution in [0.15, 0.2) is 49.3 Å². The fraction of sp³-hybridized carbons (Fsp3) is 0.235. The van der Waals surface area contributed by atoms with Crippen molar-refractivity contribution in [2.75, 3.05) is 5.32 Å². The van der Waals surface area contributed by atoms with E-state index in [1.807, 2.05) is 24.3 Å². The van der Waals surface area contributed by atoms with Crippen LogP contribution in [0.1, 0.15) is 25.3 Å². The third-order valence-electron chi connectivity index (χ3n) is 3.77. The number of nitro groups is 1. The minimum absolute atomic E-state index is 0.144. The van der Waals surface area contributed by atoms with E-state index in [1.165, 1.54) is 29.0 Å². The molecular formula is C17H18N6O2. The normalized spacial score (nSPS) is 10.6. The molecule has 2 heterocycles. The molecule has 0 atom stereocenters. The number of benzene rings is 1. The van der Waals surface area contributed by atoms with Crippen LogP contribution in [-0.4, -0.2) is 24.4 Å². The van der Waals surface area contributed by atoms with Crippen LogP contribution in [-0.2, 0) is 6.42 Å². The molecule has 0 aliphatic carbocycles. The Balaban J connectivity index is 1.90. The fourth-order valence-electron chi connectivity index (χ4n) is 2.47. The van der Waals surface area contributed by atoms with Crippen LogP contribution < -0.4 is 5.32 Å². The first kappa shape index (κ1) is 16.6. The molecule has 128 valence electrons. The molecule has 0 fully saturated rings. The Morgan fingerprint density at radius 3 is 2.68 bits per heavy atom. The third kappa shape index (κ3) is 3.79. The summed E-state index contributed by atoms with van der Waals surface area (Å²) in [5.74, 6) is 0.310. The van der Waals surface area contributed by atoms with Crippen LogP contribution in [0.5, 0.6) is 0 Å². The molecule has 0 aliphatic rings. The Hall–Kier alpha value is -3.29. The minimum atomic E-state index is -0.493. The summed E-state index contributed by atoms with van der Waals surface area (Å²) in [6.45, 7) is 2.15. The molecular weight excluding hydrogens is 320 g/mol. The number of rotatable bonds is 7. The molecule has 0 amide bonds. The van der Waals surface area contributed by atoms with Gasteiger partial charge in [-0.05, 0) is 30.5 Å². The zero-order valence-corrected chi connectivity index (χ0v) is 13.8. The van der Waals surface area contributed by atoms with E-state index in [2.05, 4.69) is 27.2 Å². The average molecular weight is 338 g/mol. The first-order valence-electron chi connectivity index (χ1n) is 8.02. The monoisotopic (exact) mass is 338 g/mol. The van der Waals surface area contributed by atoms with Crippen molar-refractivity contribution < 1.29 is 4.92 Å². The second-order valence-corrected chi connectivity index (χ2v) is 5.55. The molecule has 0 unspecified atom stereocenters. The molecule has 0 spiro atoms. The molecule has 0 bridgehead atoms. The van der Waals surface area contributed by atoms with Crippen molar-refractivity contribution in [1.29, 1.82) is 0 Å². The van der Waals surface area contributed by atoms with Crippen LogP contribution in [0.4, 0.5) is 17.2 Å². The summed E-state index contributed by atoms with van der Waals surface area (Å²) in [4.78, 5) is 23.0. The maximum absolute atomic E-state index is 11.6. The van der Waals surface area contributed by atoms with E-state index in [9.17, 15) is 10.1 Å². The Bertz CT molecular complexity index is 846. The summed E-state index contributed by atoms with van der Waals surface area (Å²) in [6, 6.07) is 7.82. The predicted molar refractivity (Wildman–Crippen MR) is 94.1 cm³/mol. The average Bonchev–Trinajstić information content (AvgIpc) is 3.15. The van der Waals surface area contributed by atoms with E-state index in [0.29, 0.717) is 0 Å². The van der Waals surface area contributed by atoms with Crippen molar-refractivity contribution >= 4 is 17.2 Å². The van der Waals surface area contributed by atoms with Gasteiger partial charge in [-0.25, -0.2) is 15.0 Å². The van der Waals surface area contributed by atoms with E-state index in [0.717, 1.165) is 24.9 Å². The molecule has 2 aromatic heterocycles. The van der Waals surface area contributed by atoms with Crippen molar-refractivity contribution in [3.63, 3.8) is 0 Å². The standard InChI is InChI=1S/C17H18N6O2/c1-2-3-4-13-5-7-14(8-6-13)21-16-15(23(24)25)17(20-11-19-16)22-10-9-18-12-22/h5-12H,2-4H2,1H3,(H,19,20,21). The number of aromatic nitrogens is 4. The van der Waals surface area contributed by atoms with Crippen molar-refractivity contribution in [1.82, 2.24) is 19.5 Å². The molecule has 1 aromatic carbocycles. The second kappa shape index (κ2) is 7.52. The molecule has 8 heteroatoms. The summed E-state index contributed by atoms with van der Waals surface area (Å²) >= 11 is 0. The highest BCUT2D eigenvalue weighted by Gasteiger charge is 2.24. The number of hydrogen-bond acceptors (Lipinski definition) is 6. The summed E-state index contributed by atoms with van der Waals surface area (Å²) < 4.78 is 1.48. The van der Waals surface area contributed by atoms with Crippen LogP contribution in [0.2, 0.25) is 0 Å². The van der Waals surface area contributed by atoms with E-state index < -0.39 is 4.92 Å². The number of aryl methyl sites for hydroxylation is 1. The molecule has 8 nitrogen and oxygen atoms in total. The van der Waals surface area contributed by atoms with Gasteiger partial charge in [-0.1, -0.05) is 25.5 Å². The van der Waals surface area contributed by atoms with Gasteiger partial charge in [0, 0.05) is 18.1 Å². The lowest BCUT2D eigenvalue weighted by atomic mass is 10.1. The van der Waals surface area contributed by atoms with Crippen LogP contribution in [0, 0.1) is 10.1 Å². The van der Waals surface area contributed by atoms with Crippen LogP contribution in [0.3, 0.4) is 0 Å². The minimum Gasteiger partial charge on any atom is -0.334 e.